The van der Waals surface area contributed by atoms with Crippen molar-refractivity contribution in [2.45, 2.75) is 51.0 Å². The average Bonchev–Trinajstić information content (AvgIpc) is 2.42. The number of nitrogens with zero attached hydrogens (tertiary/aromatic N) is 1. The largest absolute Gasteiger partial charge is 0.412 e. The number of carbonyl (C=O) groups excluding carboxylic acids is 1. The van der Waals surface area contributed by atoms with E-state index in [1.807, 2.05) is 0 Å². The lowest BCUT2D eigenvalue weighted by Crippen LogP contribution is -2.37. The highest BCUT2D eigenvalue weighted by atomic mass is 16.6. The summed E-state index contributed by atoms with van der Waals surface area (Å²) in [5, 5.41) is 13.4. The van der Waals surface area contributed by atoms with Gasteiger partial charge in [-0.2, -0.15) is 0 Å². The maximum atomic E-state index is 11.8. The Labute approximate surface area is 123 Å². The molecule has 0 atom stereocenters. The van der Waals surface area contributed by atoms with Crippen LogP contribution in [0.3, 0.4) is 0 Å². The van der Waals surface area contributed by atoms with Crippen LogP contribution >= 0.6 is 0 Å². The summed E-state index contributed by atoms with van der Waals surface area (Å²) >= 11 is 0. The Morgan fingerprint density at radius 2 is 1.67 bits per heavy atom. The van der Waals surface area contributed by atoms with Gasteiger partial charge in [-0.15, -0.1) is 0 Å². The average molecular weight is 292 g/mol. The molecule has 1 aromatic carbocycles. The minimum absolute atomic E-state index is 0.0252. The van der Waals surface area contributed by atoms with Gasteiger partial charge in [0, 0.05) is 18.2 Å². The third-order valence-corrected chi connectivity index (χ3v) is 3.69. The number of benzene rings is 1. The van der Waals surface area contributed by atoms with Gasteiger partial charge in [-0.3, -0.25) is 10.1 Å². The van der Waals surface area contributed by atoms with Gasteiger partial charge in [-0.1, -0.05) is 32.1 Å². The first kappa shape index (κ1) is 15.3. The van der Waals surface area contributed by atoms with Crippen LogP contribution in [0.15, 0.2) is 24.3 Å². The standard InChI is InChI=1S/C15H20N2O4/c18-15(16-12-6-4-2-1-3-5-7-12)21-14-10-8-13(9-11-14)17(19)20/h8-12H,1-7H2,(H,16,18). The Morgan fingerprint density at radius 1 is 1.10 bits per heavy atom. The van der Waals surface area contributed by atoms with E-state index in [2.05, 4.69) is 5.32 Å². The zero-order valence-corrected chi connectivity index (χ0v) is 11.9. The molecule has 1 aromatic rings. The topological polar surface area (TPSA) is 81.5 Å². The number of hydrogen-bond donors (Lipinski definition) is 1. The van der Waals surface area contributed by atoms with Crippen LogP contribution < -0.4 is 10.1 Å². The van der Waals surface area contributed by atoms with Gasteiger partial charge in [0.1, 0.15) is 5.75 Å². The summed E-state index contributed by atoms with van der Waals surface area (Å²) in [7, 11) is 0. The van der Waals surface area contributed by atoms with E-state index < -0.39 is 11.0 Å². The molecule has 21 heavy (non-hydrogen) atoms. The van der Waals surface area contributed by atoms with E-state index in [9.17, 15) is 14.9 Å². The quantitative estimate of drug-likeness (QED) is 0.678. The van der Waals surface area contributed by atoms with E-state index in [0.29, 0.717) is 5.75 Å². The van der Waals surface area contributed by atoms with Crippen LogP contribution in [-0.4, -0.2) is 17.1 Å². The van der Waals surface area contributed by atoms with Crippen molar-refractivity contribution in [3.8, 4) is 5.75 Å². The van der Waals surface area contributed by atoms with Gasteiger partial charge in [0.15, 0.2) is 0 Å². The van der Waals surface area contributed by atoms with Crippen LogP contribution in [0.2, 0.25) is 0 Å². The van der Waals surface area contributed by atoms with E-state index in [4.69, 9.17) is 4.74 Å². The first-order valence-corrected chi connectivity index (χ1v) is 7.38. The highest BCUT2D eigenvalue weighted by Gasteiger charge is 2.15. The Hall–Kier alpha value is -2.11. The molecule has 1 aliphatic rings. The second-order valence-electron chi connectivity index (χ2n) is 5.33. The van der Waals surface area contributed by atoms with Gasteiger partial charge < -0.3 is 10.1 Å². The summed E-state index contributed by atoms with van der Waals surface area (Å²) in [6.07, 6.45) is 7.44. The number of nitro benzene ring substituents is 1. The number of carbonyl (C=O) groups is 1. The number of rotatable bonds is 3. The van der Waals surface area contributed by atoms with Crippen molar-refractivity contribution in [3.63, 3.8) is 0 Å². The Morgan fingerprint density at radius 3 is 2.24 bits per heavy atom. The molecule has 1 fully saturated rings. The van der Waals surface area contributed by atoms with Crippen molar-refractivity contribution < 1.29 is 14.5 Å². The third-order valence-electron chi connectivity index (χ3n) is 3.69. The molecule has 1 amide bonds. The molecule has 114 valence electrons. The summed E-state index contributed by atoms with van der Waals surface area (Å²) in [5.74, 6) is 0.309. The summed E-state index contributed by atoms with van der Waals surface area (Å²) in [6, 6.07) is 5.65. The molecule has 2 rings (SSSR count). The molecule has 1 saturated carbocycles. The molecule has 6 nitrogen and oxygen atoms in total. The van der Waals surface area contributed by atoms with Crippen LogP contribution in [0.5, 0.6) is 5.75 Å². The van der Waals surface area contributed by atoms with Gasteiger partial charge >= 0.3 is 6.09 Å². The smallest absolute Gasteiger partial charge is 0.410 e. The predicted molar refractivity (Wildman–Crippen MR) is 78.4 cm³/mol. The molecular weight excluding hydrogens is 272 g/mol. The van der Waals surface area contributed by atoms with Crippen LogP contribution in [0.4, 0.5) is 10.5 Å². The second-order valence-corrected chi connectivity index (χ2v) is 5.33. The van der Waals surface area contributed by atoms with E-state index >= 15 is 0 Å². The van der Waals surface area contributed by atoms with Crippen LogP contribution in [0, 0.1) is 10.1 Å². The fourth-order valence-electron chi connectivity index (χ4n) is 2.54. The third kappa shape index (κ3) is 5.06. The van der Waals surface area contributed by atoms with Gasteiger partial charge in [0.2, 0.25) is 0 Å². The van der Waals surface area contributed by atoms with E-state index in [-0.39, 0.29) is 11.7 Å². The molecule has 0 bridgehead atoms. The first-order valence-electron chi connectivity index (χ1n) is 7.38. The molecule has 0 heterocycles. The Kier molecular flexibility index (Phi) is 5.54. The highest BCUT2D eigenvalue weighted by molar-refractivity contribution is 5.70. The molecule has 0 aromatic heterocycles. The molecule has 0 saturated heterocycles. The van der Waals surface area contributed by atoms with Gasteiger partial charge in [0.25, 0.3) is 5.69 Å². The van der Waals surface area contributed by atoms with Crippen LogP contribution in [0.25, 0.3) is 0 Å². The van der Waals surface area contributed by atoms with E-state index in [1.54, 1.807) is 0 Å². The summed E-state index contributed by atoms with van der Waals surface area (Å²) in [4.78, 5) is 21.9. The lowest BCUT2D eigenvalue weighted by atomic mass is 9.97. The summed E-state index contributed by atoms with van der Waals surface area (Å²) < 4.78 is 5.15. The second kappa shape index (κ2) is 7.61. The lowest BCUT2D eigenvalue weighted by Gasteiger charge is -2.20. The molecule has 0 unspecified atom stereocenters. The maximum absolute atomic E-state index is 11.8. The van der Waals surface area contributed by atoms with Crippen molar-refractivity contribution >= 4 is 11.8 Å². The monoisotopic (exact) mass is 292 g/mol. The number of hydrogen-bond acceptors (Lipinski definition) is 4. The number of nitrogens with one attached hydrogen (secondary N) is 1. The zero-order valence-electron chi connectivity index (χ0n) is 11.9. The summed E-state index contributed by atoms with van der Waals surface area (Å²) in [5.41, 5.74) is -0.0252. The molecule has 0 aliphatic heterocycles. The van der Waals surface area contributed by atoms with Gasteiger partial charge in [-0.25, -0.2) is 4.79 Å². The number of non-ortho nitro benzene ring substituents is 1. The highest BCUT2D eigenvalue weighted by Crippen LogP contribution is 2.19. The predicted octanol–water partition coefficient (Wildman–Crippen LogP) is 3.80. The zero-order chi connectivity index (χ0) is 15.1. The van der Waals surface area contributed by atoms with Gasteiger partial charge in [0.05, 0.1) is 4.92 Å². The molecular formula is C15H20N2O4. The fraction of sp³-hybridized carbons (Fsp3) is 0.533. The fourth-order valence-corrected chi connectivity index (χ4v) is 2.54. The SMILES string of the molecule is O=C(NC1CCCCCCC1)Oc1ccc([N+](=O)[O-])cc1. The molecule has 1 aliphatic carbocycles. The molecule has 0 radical (unpaired) electrons. The van der Waals surface area contributed by atoms with Crippen LogP contribution in [-0.2, 0) is 0 Å². The molecule has 0 spiro atoms. The Balaban J connectivity index is 1.84. The Bertz CT molecular complexity index is 479. The van der Waals surface area contributed by atoms with Crippen molar-refractivity contribution in [2.24, 2.45) is 0 Å². The maximum Gasteiger partial charge on any atom is 0.412 e. The van der Waals surface area contributed by atoms with Crippen molar-refractivity contribution in [2.75, 3.05) is 0 Å². The van der Waals surface area contributed by atoms with E-state index in [0.717, 1.165) is 25.7 Å². The van der Waals surface area contributed by atoms with Crippen molar-refractivity contribution in [1.29, 1.82) is 0 Å². The normalized spacial score (nSPS) is 16.6. The minimum atomic E-state index is -0.491. The number of nitro groups is 1. The van der Waals surface area contributed by atoms with Gasteiger partial charge in [-0.05, 0) is 25.0 Å². The van der Waals surface area contributed by atoms with Crippen molar-refractivity contribution in [1.82, 2.24) is 5.32 Å². The minimum Gasteiger partial charge on any atom is -0.410 e. The summed E-state index contributed by atoms with van der Waals surface area (Å²) in [6.45, 7) is 0. The van der Waals surface area contributed by atoms with E-state index in [1.165, 1.54) is 43.5 Å². The number of ether oxygens (including phenoxy) is 1. The van der Waals surface area contributed by atoms with Crippen LogP contribution in [0.1, 0.15) is 44.9 Å². The first-order chi connectivity index (χ1) is 10.1. The molecule has 1 N–H and O–H groups in total. The van der Waals surface area contributed by atoms with Crippen molar-refractivity contribution in [3.05, 3.63) is 34.4 Å². The number of amides is 1. The molecule has 6 heteroatoms. The lowest BCUT2D eigenvalue weighted by molar-refractivity contribution is -0.384.